The van der Waals surface area contributed by atoms with Crippen molar-refractivity contribution in [1.29, 1.82) is 0 Å². The molecule has 3 rings (SSSR count). The fourth-order valence-corrected chi connectivity index (χ4v) is 4.22. The first-order valence-corrected chi connectivity index (χ1v) is 9.58. The van der Waals surface area contributed by atoms with Gasteiger partial charge in [-0.1, -0.05) is 30.8 Å². The van der Waals surface area contributed by atoms with Gasteiger partial charge in [-0.3, -0.25) is 4.99 Å². The van der Waals surface area contributed by atoms with E-state index in [1.165, 1.54) is 44.9 Å². The maximum absolute atomic E-state index is 5.14. The molecule has 3 atom stereocenters. The second-order valence-electron chi connectivity index (χ2n) is 7.20. The first kappa shape index (κ1) is 17.2. The van der Waals surface area contributed by atoms with E-state index in [-0.39, 0.29) is 0 Å². The van der Waals surface area contributed by atoms with Gasteiger partial charge in [0, 0.05) is 19.0 Å². The van der Waals surface area contributed by atoms with Gasteiger partial charge in [-0.2, -0.15) is 4.98 Å². The van der Waals surface area contributed by atoms with Gasteiger partial charge < -0.3 is 15.2 Å². The zero-order valence-corrected chi connectivity index (χ0v) is 15.1. The Labute approximate surface area is 144 Å². The van der Waals surface area contributed by atoms with Crippen LogP contribution in [0, 0.1) is 18.8 Å². The summed E-state index contributed by atoms with van der Waals surface area (Å²) >= 11 is 0. The molecule has 1 heterocycles. The molecule has 2 fully saturated rings. The first-order chi connectivity index (χ1) is 11.7. The smallest absolute Gasteiger partial charge is 0.228 e. The van der Waals surface area contributed by atoms with Gasteiger partial charge >= 0.3 is 0 Å². The zero-order chi connectivity index (χ0) is 16.8. The third-order valence-corrected chi connectivity index (χ3v) is 5.39. The van der Waals surface area contributed by atoms with Gasteiger partial charge in [-0.25, -0.2) is 0 Å². The molecular formula is C18H31N5O. The molecule has 3 unspecified atom stereocenters. The number of nitrogens with zero attached hydrogens (tertiary/aromatic N) is 3. The lowest BCUT2D eigenvalue weighted by Gasteiger charge is -2.39. The minimum absolute atomic E-state index is 0.563. The molecule has 2 saturated carbocycles. The molecule has 134 valence electrons. The highest BCUT2D eigenvalue weighted by molar-refractivity contribution is 5.80. The van der Waals surface area contributed by atoms with Crippen LogP contribution in [0.5, 0.6) is 0 Å². The fourth-order valence-electron chi connectivity index (χ4n) is 4.22. The van der Waals surface area contributed by atoms with Crippen molar-refractivity contribution in [3.8, 4) is 0 Å². The molecule has 2 aliphatic carbocycles. The Morgan fingerprint density at radius 1 is 1.21 bits per heavy atom. The van der Waals surface area contributed by atoms with E-state index in [0.29, 0.717) is 30.7 Å². The number of hydrogen-bond acceptors (Lipinski definition) is 4. The molecule has 2 N–H and O–H groups in total. The summed E-state index contributed by atoms with van der Waals surface area (Å²) in [6, 6.07) is 0.563. The average Bonchev–Trinajstić information content (AvgIpc) is 3.00. The Balaban J connectivity index is 1.50. The summed E-state index contributed by atoms with van der Waals surface area (Å²) in [6.07, 6.45) is 10.4. The summed E-state index contributed by atoms with van der Waals surface area (Å²) in [4.78, 5) is 8.91. The van der Waals surface area contributed by atoms with Crippen molar-refractivity contribution in [2.75, 3.05) is 13.1 Å². The lowest BCUT2D eigenvalue weighted by atomic mass is 9.69. The number of aliphatic imine (C=N–C) groups is 1. The molecule has 1 aromatic rings. The van der Waals surface area contributed by atoms with E-state index < -0.39 is 0 Å². The van der Waals surface area contributed by atoms with E-state index in [1.807, 2.05) is 6.92 Å². The monoisotopic (exact) mass is 333 g/mol. The van der Waals surface area contributed by atoms with Crippen LogP contribution < -0.4 is 10.6 Å². The number of fused-ring (bicyclic) bond motifs is 1. The minimum atomic E-state index is 0.563. The van der Waals surface area contributed by atoms with Crippen LogP contribution in [0.15, 0.2) is 9.52 Å². The second-order valence-corrected chi connectivity index (χ2v) is 7.20. The normalized spacial score (nSPS) is 27.6. The Kier molecular flexibility index (Phi) is 6.10. The predicted molar refractivity (Wildman–Crippen MR) is 94.9 cm³/mol. The van der Waals surface area contributed by atoms with Crippen LogP contribution >= 0.6 is 0 Å². The summed E-state index contributed by atoms with van der Waals surface area (Å²) in [7, 11) is 0. The summed E-state index contributed by atoms with van der Waals surface area (Å²) in [5, 5.41) is 10.8. The molecule has 0 radical (unpaired) electrons. The summed E-state index contributed by atoms with van der Waals surface area (Å²) in [5.74, 6) is 4.18. The van der Waals surface area contributed by atoms with E-state index in [2.05, 4.69) is 32.7 Å². The molecule has 6 heteroatoms. The summed E-state index contributed by atoms with van der Waals surface area (Å²) < 4.78 is 5.14. The van der Waals surface area contributed by atoms with E-state index in [0.717, 1.165) is 24.3 Å². The molecule has 0 amide bonds. The molecular weight excluding hydrogens is 302 g/mol. The SMILES string of the molecule is CCNC(=NCCc1nc(C)no1)NC1CCC2CCCCC2C1. The summed E-state index contributed by atoms with van der Waals surface area (Å²) in [6.45, 7) is 5.49. The topological polar surface area (TPSA) is 75.3 Å². The van der Waals surface area contributed by atoms with Gasteiger partial charge in [0.1, 0.15) is 0 Å². The second kappa shape index (κ2) is 8.49. The highest BCUT2D eigenvalue weighted by Crippen LogP contribution is 2.40. The third kappa shape index (κ3) is 4.71. The van der Waals surface area contributed by atoms with Crippen LogP contribution in [0.4, 0.5) is 0 Å². The van der Waals surface area contributed by atoms with Crippen molar-refractivity contribution in [2.45, 2.75) is 71.3 Å². The van der Waals surface area contributed by atoms with E-state index in [1.54, 1.807) is 0 Å². The molecule has 1 aromatic heterocycles. The number of aromatic nitrogens is 2. The number of guanidine groups is 1. The molecule has 0 bridgehead atoms. The van der Waals surface area contributed by atoms with E-state index in [9.17, 15) is 0 Å². The van der Waals surface area contributed by atoms with Crippen LogP contribution in [0.25, 0.3) is 0 Å². The molecule has 24 heavy (non-hydrogen) atoms. The maximum Gasteiger partial charge on any atom is 0.228 e. The van der Waals surface area contributed by atoms with Gasteiger partial charge in [0.2, 0.25) is 5.89 Å². The minimum Gasteiger partial charge on any atom is -0.357 e. The van der Waals surface area contributed by atoms with Crippen molar-refractivity contribution in [2.24, 2.45) is 16.8 Å². The third-order valence-electron chi connectivity index (χ3n) is 5.39. The maximum atomic E-state index is 5.14. The van der Waals surface area contributed by atoms with Crippen LogP contribution in [-0.2, 0) is 6.42 Å². The van der Waals surface area contributed by atoms with Crippen LogP contribution in [0.3, 0.4) is 0 Å². The Morgan fingerprint density at radius 3 is 2.79 bits per heavy atom. The van der Waals surface area contributed by atoms with Crippen molar-refractivity contribution >= 4 is 5.96 Å². The quantitative estimate of drug-likeness (QED) is 0.640. The lowest BCUT2D eigenvalue weighted by Crippen LogP contribution is -2.47. The fraction of sp³-hybridized carbons (Fsp3) is 0.833. The van der Waals surface area contributed by atoms with Crippen molar-refractivity contribution in [1.82, 2.24) is 20.8 Å². The van der Waals surface area contributed by atoms with Gasteiger partial charge in [0.25, 0.3) is 0 Å². The Hall–Kier alpha value is -1.59. The average molecular weight is 333 g/mol. The Bertz CT molecular complexity index is 541. The van der Waals surface area contributed by atoms with Crippen molar-refractivity contribution < 1.29 is 4.52 Å². The van der Waals surface area contributed by atoms with Crippen LogP contribution in [0.2, 0.25) is 0 Å². The molecule has 0 spiro atoms. The lowest BCUT2D eigenvalue weighted by molar-refractivity contribution is 0.150. The zero-order valence-electron chi connectivity index (χ0n) is 15.1. The van der Waals surface area contributed by atoms with Gasteiger partial charge in [0.05, 0.1) is 6.54 Å². The highest BCUT2D eigenvalue weighted by atomic mass is 16.5. The van der Waals surface area contributed by atoms with E-state index >= 15 is 0 Å². The highest BCUT2D eigenvalue weighted by Gasteiger charge is 2.32. The number of nitrogens with one attached hydrogen (secondary N) is 2. The standard InChI is InChI=1S/C18H31N5O/c1-3-19-18(20-11-10-17-21-13(2)23-24-17)22-16-9-8-14-6-4-5-7-15(14)12-16/h14-16H,3-12H2,1-2H3,(H2,19,20,22). The molecule has 6 nitrogen and oxygen atoms in total. The first-order valence-electron chi connectivity index (χ1n) is 9.58. The summed E-state index contributed by atoms with van der Waals surface area (Å²) in [5.41, 5.74) is 0. The molecule has 2 aliphatic rings. The largest absolute Gasteiger partial charge is 0.357 e. The van der Waals surface area contributed by atoms with Gasteiger partial charge in [-0.05, 0) is 44.9 Å². The van der Waals surface area contributed by atoms with Crippen molar-refractivity contribution in [3.05, 3.63) is 11.7 Å². The number of hydrogen-bond donors (Lipinski definition) is 2. The number of aryl methyl sites for hydroxylation is 1. The van der Waals surface area contributed by atoms with Crippen LogP contribution in [-0.4, -0.2) is 35.2 Å². The van der Waals surface area contributed by atoms with E-state index in [4.69, 9.17) is 4.52 Å². The van der Waals surface area contributed by atoms with Gasteiger partial charge in [0.15, 0.2) is 11.8 Å². The molecule has 0 aliphatic heterocycles. The predicted octanol–water partition coefficient (Wildman–Crippen LogP) is 2.83. The van der Waals surface area contributed by atoms with Gasteiger partial charge in [-0.15, -0.1) is 0 Å². The van der Waals surface area contributed by atoms with Crippen LogP contribution in [0.1, 0.15) is 63.6 Å². The Morgan fingerprint density at radius 2 is 2.04 bits per heavy atom. The molecule has 0 aromatic carbocycles. The number of rotatable bonds is 5. The van der Waals surface area contributed by atoms with Crippen molar-refractivity contribution in [3.63, 3.8) is 0 Å². The molecule has 0 saturated heterocycles.